The zero-order valence-corrected chi connectivity index (χ0v) is 17.5. The Morgan fingerprint density at radius 1 is 0.688 bits per heavy atom. The van der Waals surface area contributed by atoms with Gasteiger partial charge in [0.1, 0.15) is 5.75 Å². The first-order valence-electron chi connectivity index (χ1n) is 10.6. The average molecular weight is 418 g/mol. The molecular formula is C29H22O3. The second kappa shape index (κ2) is 8.56. The van der Waals surface area contributed by atoms with E-state index in [0.29, 0.717) is 12.2 Å². The van der Waals surface area contributed by atoms with Crippen LogP contribution in [0.2, 0.25) is 0 Å². The molecule has 1 N–H and O–H groups in total. The Hall–Kier alpha value is -4.11. The molecule has 0 fully saturated rings. The van der Waals surface area contributed by atoms with Gasteiger partial charge < -0.3 is 9.84 Å². The smallest absolute Gasteiger partial charge is 0.341 e. The second-order valence-corrected chi connectivity index (χ2v) is 7.85. The Morgan fingerprint density at radius 2 is 1.34 bits per heavy atom. The van der Waals surface area contributed by atoms with Crippen molar-refractivity contribution in [1.29, 1.82) is 0 Å². The summed E-state index contributed by atoms with van der Waals surface area (Å²) in [4.78, 5) is 11.1. The predicted molar refractivity (Wildman–Crippen MR) is 129 cm³/mol. The lowest BCUT2D eigenvalue weighted by atomic mass is 9.93. The van der Waals surface area contributed by atoms with Crippen LogP contribution in [0.3, 0.4) is 0 Å². The first-order chi connectivity index (χ1) is 15.7. The molecule has 0 radical (unpaired) electrons. The van der Waals surface area contributed by atoms with Crippen molar-refractivity contribution in [2.45, 2.75) is 6.42 Å². The first-order valence-corrected chi connectivity index (χ1v) is 10.6. The van der Waals surface area contributed by atoms with Crippen LogP contribution in [-0.4, -0.2) is 17.7 Å². The van der Waals surface area contributed by atoms with E-state index in [9.17, 15) is 4.79 Å². The molecule has 32 heavy (non-hydrogen) atoms. The van der Waals surface area contributed by atoms with Gasteiger partial charge in [-0.05, 0) is 55.9 Å². The topological polar surface area (TPSA) is 46.5 Å². The molecule has 5 aromatic carbocycles. The maximum Gasteiger partial charge on any atom is 0.341 e. The minimum absolute atomic E-state index is 0.365. The molecule has 5 rings (SSSR count). The maximum atomic E-state index is 11.1. The van der Waals surface area contributed by atoms with Crippen LogP contribution in [0.1, 0.15) is 11.1 Å². The SMILES string of the molecule is O=C(O)COc1ccc(-c2cccc3ccccc23)cc1Cc1cccc2ccccc12. The Kier molecular flexibility index (Phi) is 5.30. The fourth-order valence-corrected chi connectivity index (χ4v) is 4.29. The Labute approximate surface area is 186 Å². The molecular weight excluding hydrogens is 396 g/mol. The van der Waals surface area contributed by atoms with Gasteiger partial charge in [-0.25, -0.2) is 4.79 Å². The van der Waals surface area contributed by atoms with Crippen molar-refractivity contribution < 1.29 is 14.6 Å². The lowest BCUT2D eigenvalue weighted by Gasteiger charge is -2.15. The molecule has 0 aliphatic heterocycles. The summed E-state index contributed by atoms with van der Waals surface area (Å²) in [6, 6.07) is 35.2. The monoisotopic (exact) mass is 418 g/mol. The van der Waals surface area contributed by atoms with E-state index < -0.39 is 5.97 Å². The number of fused-ring (bicyclic) bond motifs is 2. The minimum atomic E-state index is -0.987. The van der Waals surface area contributed by atoms with Crippen LogP contribution in [-0.2, 0) is 11.2 Å². The standard InChI is InChI=1S/C29H22O3/c30-29(31)19-32-28-16-15-23(27-14-6-10-21-8-2-4-13-26(21)27)18-24(28)17-22-11-5-9-20-7-1-3-12-25(20)22/h1-16,18H,17,19H2,(H,30,31). The van der Waals surface area contributed by atoms with Gasteiger partial charge in [0.2, 0.25) is 0 Å². The lowest BCUT2D eigenvalue weighted by Crippen LogP contribution is -2.10. The van der Waals surface area contributed by atoms with Crippen LogP contribution in [0, 0.1) is 0 Å². The summed E-state index contributed by atoms with van der Waals surface area (Å²) < 4.78 is 5.66. The minimum Gasteiger partial charge on any atom is -0.482 e. The lowest BCUT2D eigenvalue weighted by molar-refractivity contribution is -0.139. The van der Waals surface area contributed by atoms with Crippen LogP contribution >= 0.6 is 0 Å². The molecule has 0 saturated carbocycles. The normalized spacial score (nSPS) is 11.0. The third-order valence-corrected chi connectivity index (χ3v) is 5.77. The summed E-state index contributed by atoms with van der Waals surface area (Å²) in [5.41, 5.74) is 4.37. The largest absolute Gasteiger partial charge is 0.482 e. The predicted octanol–water partition coefficient (Wildman–Crippen LogP) is 6.71. The van der Waals surface area contributed by atoms with Crippen molar-refractivity contribution in [2.24, 2.45) is 0 Å². The van der Waals surface area contributed by atoms with Gasteiger partial charge in [-0.2, -0.15) is 0 Å². The molecule has 0 heterocycles. The third kappa shape index (κ3) is 3.93. The van der Waals surface area contributed by atoms with E-state index in [0.717, 1.165) is 16.7 Å². The molecule has 5 aromatic rings. The van der Waals surface area contributed by atoms with Crippen LogP contribution in [0.4, 0.5) is 0 Å². The Morgan fingerprint density at radius 3 is 2.12 bits per heavy atom. The van der Waals surface area contributed by atoms with Crippen molar-refractivity contribution in [3.63, 3.8) is 0 Å². The number of hydrogen-bond acceptors (Lipinski definition) is 2. The number of benzene rings is 5. The number of hydrogen-bond donors (Lipinski definition) is 1. The summed E-state index contributed by atoms with van der Waals surface area (Å²) in [5.74, 6) is -0.386. The Bertz CT molecular complexity index is 1420. The summed E-state index contributed by atoms with van der Waals surface area (Å²) in [7, 11) is 0. The maximum absolute atomic E-state index is 11.1. The molecule has 0 aliphatic carbocycles. The van der Waals surface area contributed by atoms with Gasteiger partial charge in [0.25, 0.3) is 0 Å². The molecule has 0 aromatic heterocycles. The van der Waals surface area contributed by atoms with Gasteiger partial charge >= 0.3 is 5.97 Å². The van der Waals surface area contributed by atoms with E-state index in [1.807, 2.05) is 36.4 Å². The van der Waals surface area contributed by atoms with E-state index in [4.69, 9.17) is 9.84 Å². The van der Waals surface area contributed by atoms with Crippen LogP contribution < -0.4 is 4.74 Å². The first kappa shape index (κ1) is 19.8. The number of carboxylic acid groups (broad SMARTS) is 1. The quantitative estimate of drug-likeness (QED) is 0.333. The van der Waals surface area contributed by atoms with E-state index in [1.54, 1.807) is 0 Å². The molecule has 0 bridgehead atoms. The second-order valence-electron chi connectivity index (χ2n) is 7.85. The zero-order chi connectivity index (χ0) is 21.9. The summed E-state index contributed by atoms with van der Waals surface area (Å²) in [6.45, 7) is -0.365. The third-order valence-electron chi connectivity index (χ3n) is 5.77. The zero-order valence-electron chi connectivity index (χ0n) is 17.5. The molecule has 0 atom stereocenters. The average Bonchev–Trinajstić information content (AvgIpc) is 2.83. The number of ether oxygens (including phenoxy) is 1. The van der Waals surface area contributed by atoms with Crippen molar-refractivity contribution in [3.05, 3.63) is 114 Å². The van der Waals surface area contributed by atoms with Gasteiger partial charge in [0.15, 0.2) is 6.61 Å². The highest BCUT2D eigenvalue weighted by molar-refractivity contribution is 5.96. The number of carboxylic acids is 1. The molecule has 156 valence electrons. The van der Waals surface area contributed by atoms with Gasteiger partial charge in [0, 0.05) is 6.42 Å². The molecule has 0 unspecified atom stereocenters. The molecule has 3 heteroatoms. The molecule has 3 nitrogen and oxygen atoms in total. The van der Waals surface area contributed by atoms with Crippen LogP contribution in [0.5, 0.6) is 5.75 Å². The Balaban J connectivity index is 1.62. The van der Waals surface area contributed by atoms with Crippen molar-refractivity contribution in [2.75, 3.05) is 6.61 Å². The molecule has 0 amide bonds. The highest BCUT2D eigenvalue weighted by Gasteiger charge is 2.12. The molecule has 0 aliphatic rings. The van der Waals surface area contributed by atoms with E-state index in [2.05, 4.69) is 66.7 Å². The molecule has 0 spiro atoms. The van der Waals surface area contributed by atoms with E-state index >= 15 is 0 Å². The van der Waals surface area contributed by atoms with Gasteiger partial charge in [-0.15, -0.1) is 0 Å². The summed E-state index contributed by atoms with van der Waals surface area (Å²) in [5, 5.41) is 13.9. The van der Waals surface area contributed by atoms with Gasteiger partial charge in [0.05, 0.1) is 0 Å². The summed E-state index contributed by atoms with van der Waals surface area (Å²) in [6.07, 6.45) is 0.648. The van der Waals surface area contributed by atoms with Gasteiger partial charge in [-0.3, -0.25) is 0 Å². The fraction of sp³-hybridized carbons (Fsp3) is 0.0690. The van der Waals surface area contributed by atoms with Gasteiger partial charge in [-0.1, -0.05) is 91.0 Å². The van der Waals surface area contributed by atoms with Crippen LogP contribution in [0.25, 0.3) is 32.7 Å². The highest BCUT2D eigenvalue weighted by atomic mass is 16.5. The number of aliphatic carboxylic acids is 1. The van der Waals surface area contributed by atoms with Crippen molar-refractivity contribution >= 4 is 27.5 Å². The highest BCUT2D eigenvalue weighted by Crippen LogP contribution is 2.34. The fourth-order valence-electron chi connectivity index (χ4n) is 4.29. The number of carbonyl (C=O) groups is 1. The van der Waals surface area contributed by atoms with Crippen molar-refractivity contribution in [3.8, 4) is 16.9 Å². The summed E-state index contributed by atoms with van der Waals surface area (Å²) >= 11 is 0. The van der Waals surface area contributed by atoms with E-state index in [1.165, 1.54) is 27.1 Å². The molecule has 0 saturated heterocycles. The van der Waals surface area contributed by atoms with Crippen molar-refractivity contribution in [1.82, 2.24) is 0 Å². The van der Waals surface area contributed by atoms with E-state index in [-0.39, 0.29) is 6.61 Å². The number of rotatable bonds is 6. The van der Waals surface area contributed by atoms with Crippen LogP contribution in [0.15, 0.2) is 103 Å².